The number of aromatic nitrogens is 1. The van der Waals surface area contributed by atoms with Crippen LogP contribution in [0.1, 0.15) is 27.9 Å². The molecule has 0 fully saturated rings. The zero-order chi connectivity index (χ0) is 17.5. The standard InChI is InChI=1S/C19H26N4O.HI/c1-13-7-6-8-16(9-13)11-22-19(20-4)23-12-17-15(3)18(24-5)14(2)10-21-17;/h6-10H,11-12H2,1-5H3,(H2,20,22,23);1H. The lowest BCUT2D eigenvalue weighted by atomic mass is 10.1. The first kappa shape index (κ1) is 21.2. The number of ether oxygens (including phenoxy) is 1. The van der Waals surface area contributed by atoms with E-state index in [2.05, 4.69) is 51.8 Å². The summed E-state index contributed by atoms with van der Waals surface area (Å²) in [6, 6.07) is 8.42. The van der Waals surface area contributed by atoms with E-state index in [1.807, 2.05) is 20.0 Å². The Kier molecular flexibility index (Phi) is 8.68. The number of guanidine groups is 1. The summed E-state index contributed by atoms with van der Waals surface area (Å²) in [5, 5.41) is 6.63. The van der Waals surface area contributed by atoms with E-state index in [1.165, 1.54) is 11.1 Å². The number of aryl methyl sites for hydroxylation is 2. The van der Waals surface area contributed by atoms with Crippen LogP contribution in [0.4, 0.5) is 0 Å². The van der Waals surface area contributed by atoms with Crippen molar-refractivity contribution >= 4 is 29.9 Å². The Balaban J connectivity index is 0.00000312. The molecule has 1 heterocycles. The van der Waals surface area contributed by atoms with Gasteiger partial charge in [-0.05, 0) is 26.3 Å². The SMILES string of the molecule is CN=C(NCc1cccc(C)c1)NCc1ncc(C)c(OC)c1C.I. The molecule has 0 saturated carbocycles. The van der Waals surface area contributed by atoms with E-state index in [1.54, 1.807) is 14.2 Å². The first-order valence-electron chi connectivity index (χ1n) is 8.04. The van der Waals surface area contributed by atoms with Gasteiger partial charge in [0, 0.05) is 30.9 Å². The Morgan fingerprint density at radius 2 is 1.88 bits per heavy atom. The number of benzene rings is 1. The molecule has 0 radical (unpaired) electrons. The number of pyridine rings is 1. The van der Waals surface area contributed by atoms with E-state index in [-0.39, 0.29) is 24.0 Å². The van der Waals surface area contributed by atoms with Gasteiger partial charge in [0.15, 0.2) is 5.96 Å². The van der Waals surface area contributed by atoms with Gasteiger partial charge in [0.25, 0.3) is 0 Å². The molecule has 2 N–H and O–H groups in total. The third-order valence-electron chi connectivity index (χ3n) is 3.94. The van der Waals surface area contributed by atoms with Crippen molar-refractivity contribution in [3.05, 3.63) is 58.4 Å². The minimum Gasteiger partial charge on any atom is -0.496 e. The summed E-state index contributed by atoms with van der Waals surface area (Å²) in [4.78, 5) is 8.76. The van der Waals surface area contributed by atoms with Crippen molar-refractivity contribution in [1.82, 2.24) is 15.6 Å². The van der Waals surface area contributed by atoms with Gasteiger partial charge < -0.3 is 15.4 Å². The summed E-state index contributed by atoms with van der Waals surface area (Å²) in [6.45, 7) is 7.44. The summed E-state index contributed by atoms with van der Waals surface area (Å²) >= 11 is 0. The highest BCUT2D eigenvalue weighted by Crippen LogP contribution is 2.23. The summed E-state index contributed by atoms with van der Waals surface area (Å²) < 4.78 is 5.45. The van der Waals surface area contributed by atoms with Gasteiger partial charge in [-0.1, -0.05) is 29.8 Å². The first-order chi connectivity index (χ1) is 11.5. The highest BCUT2D eigenvalue weighted by atomic mass is 127. The molecular formula is C19H27IN4O. The molecule has 2 aromatic rings. The van der Waals surface area contributed by atoms with Crippen LogP contribution < -0.4 is 15.4 Å². The molecule has 136 valence electrons. The molecule has 1 aromatic carbocycles. The highest BCUT2D eigenvalue weighted by molar-refractivity contribution is 14.0. The van der Waals surface area contributed by atoms with Gasteiger partial charge in [-0.15, -0.1) is 24.0 Å². The van der Waals surface area contributed by atoms with Gasteiger partial charge >= 0.3 is 0 Å². The van der Waals surface area contributed by atoms with Crippen LogP contribution in [0.25, 0.3) is 0 Å². The van der Waals surface area contributed by atoms with Crippen LogP contribution in [0.15, 0.2) is 35.5 Å². The van der Waals surface area contributed by atoms with Gasteiger partial charge in [-0.25, -0.2) is 0 Å². The molecule has 0 saturated heterocycles. The lowest BCUT2D eigenvalue weighted by Crippen LogP contribution is -2.36. The minimum atomic E-state index is 0. The molecular weight excluding hydrogens is 427 g/mol. The monoisotopic (exact) mass is 454 g/mol. The third kappa shape index (κ3) is 5.88. The van der Waals surface area contributed by atoms with E-state index in [9.17, 15) is 0 Å². The Morgan fingerprint density at radius 3 is 2.52 bits per heavy atom. The Bertz CT molecular complexity index is 731. The normalized spacial score (nSPS) is 10.8. The van der Waals surface area contributed by atoms with Crippen molar-refractivity contribution in [3.63, 3.8) is 0 Å². The van der Waals surface area contributed by atoms with Crippen molar-refractivity contribution in [1.29, 1.82) is 0 Å². The summed E-state index contributed by atoms with van der Waals surface area (Å²) in [5.41, 5.74) is 5.53. The molecule has 0 atom stereocenters. The second kappa shape index (κ2) is 10.2. The Morgan fingerprint density at radius 1 is 1.16 bits per heavy atom. The van der Waals surface area contributed by atoms with Crippen LogP contribution in [0.3, 0.4) is 0 Å². The second-order valence-electron chi connectivity index (χ2n) is 5.81. The number of hydrogen-bond donors (Lipinski definition) is 2. The van der Waals surface area contributed by atoms with Gasteiger partial charge in [-0.2, -0.15) is 0 Å². The molecule has 0 aliphatic carbocycles. The van der Waals surface area contributed by atoms with Crippen LogP contribution in [0, 0.1) is 20.8 Å². The number of halogens is 1. The van der Waals surface area contributed by atoms with Gasteiger partial charge in [0.05, 0.1) is 19.3 Å². The number of nitrogens with one attached hydrogen (secondary N) is 2. The molecule has 0 amide bonds. The van der Waals surface area contributed by atoms with Crippen LogP contribution >= 0.6 is 24.0 Å². The fraction of sp³-hybridized carbons (Fsp3) is 0.368. The quantitative estimate of drug-likeness (QED) is 0.413. The lowest BCUT2D eigenvalue weighted by Gasteiger charge is -2.15. The van der Waals surface area contributed by atoms with Crippen molar-refractivity contribution in [2.24, 2.45) is 4.99 Å². The Hall–Kier alpha value is -1.83. The number of rotatable bonds is 5. The number of methoxy groups -OCH3 is 1. The maximum atomic E-state index is 5.45. The maximum absolute atomic E-state index is 5.45. The highest BCUT2D eigenvalue weighted by Gasteiger charge is 2.09. The van der Waals surface area contributed by atoms with E-state index in [0.717, 1.165) is 35.1 Å². The molecule has 0 unspecified atom stereocenters. The zero-order valence-electron chi connectivity index (χ0n) is 15.5. The lowest BCUT2D eigenvalue weighted by molar-refractivity contribution is 0.406. The second-order valence-corrected chi connectivity index (χ2v) is 5.81. The number of nitrogens with zero attached hydrogens (tertiary/aromatic N) is 2. The fourth-order valence-corrected chi connectivity index (χ4v) is 2.65. The van der Waals surface area contributed by atoms with Crippen molar-refractivity contribution in [3.8, 4) is 5.75 Å². The molecule has 2 rings (SSSR count). The molecule has 25 heavy (non-hydrogen) atoms. The van der Waals surface area contributed by atoms with Crippen LogP contribution in [-0.4, -0.2) is 25.1 Å². The van der Waals surface area contributed by atoms with Crippen LogP contribution in [0.5, 0.6) is 5.75 Å². The minimum absolute atomic E-state index is 0. The fourth-order valence-electron chi connectivity index (χ4n) is 2.65. The summed E-state index contributed by atoms with van der Waals surface area (Å²) in [5.74, 6) is 1.64. The average molecular weight is 454 g/mol. The van der Waals surface area contributed by atoms with E-state index in [4.69, 9.17) is 4.74 Å². The zero-order valence-corrected chi connectivity index (χ0v) is 17.8. The van der Waals surface area contributed by atoms with Gasteiger partial charge in [0.1, 0.15) is 5.75 Å². The predicted octanol–water partition coefficient (Wildman–Crippen LogP) is 3.50. The maximum Gasteiger partial charge on any atom is 0.191 e. The third-order valence-corrected chi connectivity index (χ3v) is 3.94. The molecule has 0 spiro atoms. The van der Waals surface area contributed by atoms with E-state index in [0.29, 0.717) is 6.54 Å². The molecule has 1 aromatic heterocycles. The van der Waals surface area contributed by atoms with E-state index < -0.39 is 0 Å². The summed E-state index contributed by atoms with van der Waals surface area (Å²) in [7, 11) is 3.45. The van der Waals surface area contributed by atoms with Crippen molar-refractivity contribution < 1.29 is 4.74 Å². The van der Waals surface area contributed by atoms with Crippen molar-refractivity contribution in [2.75, 3.05) is 14.2 Å². The summed E-state index contributed by atoms with van der Waals surface area (Å²) in [6.07, 6.45) is 1.84. The molecule has 5 nitrogen and oxygen atoms in total. The number of aliphatic imine (C=N–C) groups is 1. The predicted molar refractivity (Wildman–Crippen MR) is 114 cm³/mol. The largest absolute Gasteiger partial charge is 0.496 e. The van der Waals surface area contributed by atoms with Gasteiger partial charge in [0.2, 0.25) is 0 Å². The first-order valence-corrected chi connectivity index (χ1v) is 8.04. The van der Waals surface area contributed by atoms with Crippen LogP contribution in [0.2, 0.25) is 0 Å². The number of hydrogen-bond acceptors (Lipinski definition) is 3. The van der Waals surface area contributed by atoms with Crippen molar-refractivity contribution in [2.45, 2.75) is 33.9 Å². The Labute approximate surface area is 167 Å². The molecule has 6 heteroatoms. The molecule has 0 aliphatic heterocycles. The molecule has 0 bridgehead atoms. The topological polar surface area (TPSA) is 58.5 Å². The van der Waals surface area contributed by atoms with E-state index >= 15 is 0 Å². The smallest absolute Gasteiger partial charge is 0.191 e. The van der Waals surface area contributed by atoms with Crippen LogP contribution in [-0.2, 0) is 13.1 Å². The molecule has 0 aliphatic rings. The van der Waals surface area contributed by atoms with Gasteiger partial charge in [-0.3, -0.25) is 9.98 Å². The average Bonchev–Trinajstić information content (AvgIpc) is 2.57.